The second kappa shape index (κ2) is 12.9. The highest BCUT2D eigenvalue weighted by Gasteiger charge is 1.99. The quantitative estimate of drug-likeness (QED) is 0.343. The molecule has 1 rings (SSSR count). The van der Waals surface area contributed by atoms with Crippen molar-refractivity contribution < 1.29 is 9.63 Å². The Labute approximate surface area is 133 Å². The zero-order valence-corrected chi connectivity index (χ0v) is 13.4. The van der Waals surface area contributed by atoms with Gasteiger partial charge in [0, 0.05) is 6.54 Å². The Morgan fingerprint density at radius 1 is 1.05 bits per heavy atom. The molecule has 122 valence electrons. The molecule has 0 saturated carbocycles. The van der Waals surface area contributed by atoms with E-state index in [1.54, 1.807) is 0 Å². The summed E-state index contributed by atoms with van der Waals surface area (Å²) in [5.74, 6) is 0. The molecule has 0 aliphatic rings. The summed E-state index contributed by atoms with van der Waals surface area (Å²) in [6.07, 6.45) is 10.3. The topological polar surface area (TPSA) is 50.4 Å². The number of hydrogen-bond acceptors (Lipinski definition) is 2. The van der Waals surface area contributed by atoms with Crippen LogP contribution in [0.4, 0.5) is 4.79 Å². The van der Waals surface area contributed by atoms with Gasteiger partial charge in [-0.3, -0.25) is 4.84 Å². The van der Waals surface area contributed by atoms with Crippen molar-refractivity contribution in [2.45, 2.75) is 51.6 Å². The number of amides is 2. The van der Waals surface area contributed by atoms with Crippen LogP contribution in [0.25, 0.3) is 0 Å². The molecular formula is C18H28N2O2. The number of hydrogen-bond donors (Lipinski definition) is 2. The molecule has 0 radical (unpaired) electrons. The van der Waals surface area contributed by atoms with Crippen LogP contribution in [-0.4, -0.2) is 12.6 Å². The molecule has 2 N–H and O–H groups in total. The second-order valence-electron chi connectivity index (χ2n) is 5.33. The lowest BCUT2D eigenvalue weighted by Crippen LogP contribution is -2.35. The van der Waals surface area contributed by atoms with Crippen molar-refractivity contribution >= 4 is 6.03 Å². The summed E-state index contributed by atoms with van der Waals surface area (Å²) in [6.45, 7) is 4.78. The highest BCUT2D eigenvalue weighted by molar-refractivity contribution is 5.72. The Kier molecular flexibility index (Phi) is 10.7. The van der Waals surface area contributed by atoms with Crippen molar-refractivity contribution in [3.05, 3.63) is 48.6 Å². The van der Waals surface area contributed by atoms with E-state index in [1.165, 1.54) is 25.7 Å². The minimum absolute atomic E-state index is 0.276. The smallest absolute Gasteiger partial charge is 0.336 e. The van der Waals surface area contributed by atoms with Crippen molar-refractivity contribution in [1.29, 1.82) is 0 Å². The number of unbranched alkanes of at least 4 members (excludes halogenated alkanes) is 6. The van der Waals surface area contributed by atoms with Gasteiger partial charge in [0.25, 0.3) is 0 Å². The van der Waals surface area contributed by atoms with Gasteiger partial charge < -0.3 is 5.32 Å². The van der Waals surface area contributed by atoms with E-state index in [-0.39, 0.29) is 6.03 Å². The summed E-state index contributed by atoms with van der Waals surface area (Å²) < 4.78 is 0. The molecular weight excluding hydrogens is 276 g/mol. The van der Waals surface area contributed by atoms with Crippen molar-refractivity contribution in [1.82, 2.24) is 10.8 Å². The van der Waals surface area contributed by atoms with Crippen molar-refractivity contribution in [3.8, 4) is 0 Å². The Balaban J connectivity index is 1.88. The number of carbonyl (C=O) groups is 1. The number of urea groups is 1. The largest absolute Gasteiger partial charge is 0.338 e. The van der Waals surface area contributed by atoms with Crippen LogP contribution in [0.1, 0.15) is 50.5 Å². The first kappa shape index (κ1) is 18.2. The Hall–Kier alpha value is -1.81. The molecule has 0 spiro atoms. The molecule has 0 aromatic heterocycles. The molecule has 4 nitrogen and oxygen atoms in total. The van der Waals surface area contributed by atoms with Gasteiger partial charge in [0.05, 0.1) is 6.61 Å². The van der Waals surface area contributed by atoms with Crippen LogP contribution in [0.15, 0.2) is 43.0 Å². The van der Waals surface area contributed by atoms with Crippen LogP contribution in [-0.2, 0) is 11.4 Å². The maximum Gasteiger partial charge on any atom is 0.338 e. The average molecular weight is 304 g/mol. The Bertz CT molecular complexity index is 407. The lowest BCUT2D eigenvalue weighted by Gasteiger charge is -2.08. The third-order valence-corrected chi connectivity index (χ3v) is 3.37. The predicted octanol–water partition coefficient (Wildman–Crippen LogP) is 4.33. The number of rotatable bonds is 12. The van der Waals surface area contributed by atoms with Gasteiger partial charge in [-0.05, 0) is 24.8 Å². The number of allylic oxidation sites excluding steroid dienone is 1. The second-order valence-corrected chi connectivity index (χ2v) is 5.33. The van der Waals surface area contributed by atoms with Crippen molar-refractivity contribution in [2.24, 2.45) is 0 Å². The first-order valence-corrected chi connectivity index (χ1v) is 8.13. The van der Waals surface area contributed by atoms with E-state index in [9.17, 15) is 4.79 Å². The fourth-order valence-electron chi connectivity index (χ4n) is 2.12. The summed E-state index contributed by atoms with van der Waals surface area (Å²) in [5.41, 5.74) is 3.42. The van der Waals surface area contributed by atoms with Crippen molar-refractivity contribution in [3.63, 3.8) is 0 Å². The van der Waals surface area contributed by atoms with Crippen LogP contribution in [0.5, 0.6) is 0 Å². The number of hydroxylamine groups is 1. The van der Waals surface area contributed by atoms with Gasteiger partial charge in [-0.25, -0.2) is 10.3 Å². The fourth-order valence-corrected chi connectivity index (χ4v) is 2.12. The van der Waals surface area contributed by atoms with Gasteiger partial charge in [-0.15, -0.1) is 6.58 Å². The molecule has 0 aliphatic heterocycles. The number of nitrogens with one attached hydrogen (secondary N) is 2. The number of carbonyl (C=O) groups excluding carboxylic acids is 1. The van der Waals surface area contributed by atoms with Crippen LogP contribution >= 0.6 is 0 Å². The van der Waals surface area contributed by atoms with Crippen molar-refractivity contribution in [2.75, 3.05) is 6.54 Å². The Morgan fingerprint density at radius 3 is 2.45 bits per heavy atom. The van der Waals surface area contributed by atoms with Crippen LogP contribution in [0.3, 0.4) is 0 Å². The molecule has 0 bridgehead atoms. The SMILES string of the molecule is C=CCCCCCCCCNC(=O)NOCc1ccccc1. The van der Waals surface area contributed by atoms with E-state index in [4.69, 9.17) is 4.84 Å². The zero-order chi connectivity index (χ0) is 15.9. The lowest BCUT2D eigenvalue weighted by atomic mass is 10.1. The highest BCUT2D eigenvalue weighted by atomic mass is 16.7. The normalized spacial score (nSPS) is 10.2. The van der Waals surface area contributed by atoms with E-state index in [1.807, 2.05) is 36.4 Å². The van der Waals surface area contributed by atoms with Crippen LogP contribution < -0.4 is 10.8 Å². The molecule has 0 saturated heterocycles. The molecule has 0 unspecified atom stereocenters. The van der Waals surface area contributed by atoms with E-state index in [0.29, 0.717) is 13.2 Å². The fraction of sp³-hybridized carbons (Fsp3) is 0.500. The molecule has 0 heterocycles. The minimum Gasteiger partial charge on any atom is -0.336 e. The van der Waals surface area contributed by atoms with E-state index in [2.05, 4.69) is 17.4 Å². The standard InChI is InChI=1S/C18H28N2O2/c1-2-3-4-5-6-7-8-12-15-19-18(21)20-22-16-17-13-10-9-11-14-17/h2,9-11,13-14H,1,3-8,12,15-16H2,(H2,19,20,21). The van der Waals surface area contributed by atoms with Gasteiger partial charge in [0.2, 0.25) is 0 Å². The molecule has 0 aliphatic carbocycles. The predicted molar refractivity (Wildman–Crippen MR) is 90.3 cm³/mol. The maximum absolute atomic E-state index is 11.5. The minimum atomic E-state index is -0.276. The van der Waals surface area contributed by atoms with Crippen LogP contribution in [0, 0.1) is 0 Å². The van der Waals surface area contributed by atoms with Gasteiger partial charge in [0.1, 0.15) is 0 Å². The molecule has 1 aromatic carbocycles. The van der Waals surface area contributed by atoms with Crippen LogP contribution in [0.2, 0.25) is 0 Å². The first-order chi connectivity index (χ1) is 10.8. The molecule has 1 aromatic rings. The summed E-state index contributed by atoms with van der Waals surface area (Å²) in [7, 11) is 0. The van der Waals surface area contributed by atoms with Gasteiger partial charge in [-0.1, -0.05) is 62.1 Å². The Morgan fingerprint density at radius 2 is 1.73 bits per heavy atom. The summed E-state index contributed by atoms with van der Waals surface area (Å²) in [6, 6.07) is 9.46. The molecule has 2 amide bonds. The molecule has 22 heavy (non-hydrogen) atoms. The van der Waals surface area contributed by atoms with Gasteiger partial charge >= 0.3 is 6.03 Å². The first-order valence-electron chi connectivity index (χ1n) is 8.13. The molecule has 4 heteroatoms. The third-order valence-electron chi connectivity index (χ3n) is 3.37. The van der Waals surface area contributed by atoms with E-state index in [0.717, 1.165) is 24.8 Å². The van der Waals surface area contributed by atoms with Gasteiger partial charge in [0.15, 0.2) is 0 Å². The lowest BCUT2D eigenvalue weighted by molar-refractivity contribution is 0.0491. The monoisotopic (exact) mass is 304 g/mol. The third kappa shape index (κ3) is 10.00. The zero-order valence-electron chi connectivity index (χ0n) is 13.4. The van der Waals surface area contributed by atoms with E-state index < -0.39 is 0 Å². The molecule has 0 atom stereocenters. The summed E-state index contributed by atoms with van der Waals surface area (Å²) >= 11 is 0. The number of benzene rings is 1. The molecule has 0 fully saturated rings. The average Bonchev–Trinajstić information content (AvgIpc) is 2.54. The van der Waals surface area contributed by atoms with Gasteiger partial charge in [-0.2, -0.15) is 0 Å². The van der Waals surface area contributed by atoms with E-state index >= 15 is 0 Å². The maximum atomic E-state index is 11.5. The highest BCUT2D eigenvalue weighted by Crippen LogP contribution is 2.06. The summed E-state index contributed by atoms with van der Waals surface area (Å²) in [4.78, 5) is 16.6. The summed E-state index contributed by atoms with van der Waals surface area (Å²) in [5, 5.41) is 2.79.